The fourth-order valence-electron chi connectivity index (χ4n) is 2.61. The van der Waals surface area contributed by atoms with Crippen molar-refractivity contribution in [2.75, 3.05) is 13.1 Å². The van der Waals surface area contributed by atoms with Gasteiger partial charge in [-0.1, -0.05) is 0 Å². The Morgan fingerprint density at radius 3 is 3.10 bits per heavy atom. The molecule has 1 N–H and O–H groups in total. The number of aliphatic hydroxyl groups excluding tert-OH is 1. The fourth-order valence-corrected chi connectivity index (χ4v) is 3.16. The monoisotopic (exact) mass is 337 g/mol. The Labute approximate surface area is 125 Å². The molecule has 106 valence electrons. The highest BCUT2D eigenvalue weighted by Gasteiger charge is 2.23. The molecule has 1 atom stereocenters. The molecule has 1 aliphatic heterocycles. The van der Waals surface area contributed by atoms with Crippen LogP contribution in [0.5, 0.6) is 0 Å². The zero-order valence-electron chi connectivity index (χ0n) is 11.0. The Bertz CT molecular complexity index is 640. The van der Waals surface area contributed by atoms with Gasteiger partial charge in [0.05, 0.1) is 23.4 Å². The van der Waals surface area contributed by atoms with Gasteiger partial charge in [-0.2, -0.15) is 5.10 Å². The summed E-state index contributed by atoms with van der Waals surface area (Å²) in [5.74, 6) is -0.0130. The molecule has 0 radical (unpaired) electrons. The maximum Gasteiger partial charge on any atom is 0.257 e. The lowest BCUT2D eigenvalue weighted by Gasteiger charge is -2.19. The minimum absolute atomic E-state index is 0.0130. The average Bonchev–Trinajstić information content (AvgIpc) is 2.75. The van der Waals surface area contributed by atoms with E-state index < -0.39 is 0 Å². The summed E-state index contributed by atoms with van der Waals surface area (Å²) in [5.41, 5.74) is 1.40. The predicted octanol–water partition coefficient (Wildman–Crippen LogP) is 2.08. The number of hydrogen-bond acceptors (Lipinski definition) is 3. The van der Waals surface area contributed by atoms with Crippen LogP contribution in [0.15, 0.2) is 29.0 Å². The van der Waals surface area contributed by atoms with Crippen molar-refractivity contribution in [3.8, 4) is 0 Å². The van der Waals surface area contributed by atoms with Gasteiger partial charge in [0, 0.05) is 23.8 Å². The molecular formula is C14H16BrN3O2. The van der Waals surface area contributed by atoms with E-state index in [1.807, 2.05) is 23.2 Å². The van der Waals surface area contributed by atoms with Crippen LogP contribution in [-0.2, 0) is 0 Å². The number of amides is 1. The van der Waals surface area contributed by atoms with Crippen LogP contribution < -0.4 is 0 Å². The molecule has 6 heteroatoms. The molecule has 0 aromatic carbocycles. The largest absolute Gasteiger partial charge is 0.393 e. The van der Waals surface area contributed by atoms with Crippen LogP contribution in [0.1, 0.15) is 29.6 Å². The van der Waals surface area contributed by atoms with Gasteiger partial charge in [-0.15, -0.1) is 0 Å². The zero-order chi connectivity index (χ0) is 14.1. The van der Waals surface area contributed by atoms with Crippen molar-refractivity contribution in [1.29, 1.82) is 0 Å². The highest BCUT2D eigenvalue weighted by molar-refractivity contribution is 9.10. The Morgan fingerprint density at radius 1 is 1.40 bits per heavy atom. The van der Waals surface area contributed by atoms with Crippen LogP contribution in [0.25, 0.3) is 5.52 Å². The van der Waals surface area contributed by atoms with Crippen molar-refractivity contribution in [3.63, 3.8) is 0 Å². The number of halogens is 1. The second kappa shape index (κ2) is 5.54. The van der Waals surface area contributed by atoms with E-state index in [0.717, 1.165) is 22.8 Å². The lowest BCUT2D eigenvalue weighted by atomic mass is 10.2. The topological polar surface area (TPSA) is 57.8 Å². The Kier molecular flexibility index (Phi) is 3.76. The molecule has 0 spiro atoms. The number of carbonyl (C=O) groups is 1. The predicted molar refractivity (Wildman–Crippen MR) is 78.7 cm³/mol. The number of hydrogen-bond donors (Lipinski definition) is 1. The van der Waals surface area contributed by atoms with Crippen molar-refractivity contribution in [2.45, 2.75) is 25.4 Å². The van der Waals surface area contributed by atoms with Crippen molar-refractivity contribution in [2.24, 2.45) is 0 Å². The lowest BCUT2D eigenvalue weighted by Crippen LogP contribution is -2.32. The van der Waals surface area contributed by atoms with Gasteiger partial charge in [0.15, 0.2) is 0 Å². The standard InChI is InChI=1S/C14H16BrN3O2/c15-12-4-2-7-18-13(12)11(9-16-18)14(20)17-6-1-3-10(19)5-8-17/h2,4,7,9-10,19H,1,3,5-6,8H2. The zero-order valence-corrected chi connectivity index (χ0v) is 12.6. The number of carbonyl (C=O) groups excluding carboxylic acids is 1. The van der Waals surface area contributed by atoms with E-state index >= 15 is 0 Å². The van der Waals surface area contributed by atoms with E-state index in [-0.39, 0.29) is 12.0 Å². The number of rotatable bonds is 1. The van der Waals surface area contributed by atoms with E-state index in [1.165, 1.54) is 0 Å². The van der Waals surface area contributed by atoms with Crippen LogP contribution in [0.4, 0.5) is 0 Å². The quantitative estimate of drug-likeness (QED) is 0.866. The Hall–Kier alpha value is -1.40. The van der Waals surface area contributed by atoms with Gasteiger partial charge in [0.25, 0.3) is 5.91 Å². The molecule has 2 aromatic heterocycles. The van der Waals surface area contributed by atoms with Crippen LogP contribution in [0.3, 0.4) is 0 Å². The third-order valence-electron chi connectivity index (χ3n) is 3.71. The SMILES string of the molecule is O=C(c1cnn2cccc(Br)c12)N1CCCC(O)CC1. The van der Waals surface area contributed by atoms with E-state index in [9.17, 15) is 9.90 Å². The van der Waals surface area contributed by atoms with E-state index in [2.05, 4.69) is 21.0 Å². The minimum atomic E-state index is -0.288. The van der Waals surface area contributed by atoms with Gasteiger partial charge >= 0.3 is 0 Å². The number of fused-ring (bicyclic) bond motifs is 1. The summed E-state index contributed by atoms with van der Waals surface area (Å²) in [6.07, 6.45) is 5.40. The van der Waals surface area contributed by atoms with Gasteiger partial charge in [-0.3, -0.25) is 4.79 Å². The van der Waals surface area contributed by atoms with Gasteiger partial charge in [0.1, 0.15) is 0 Å². The molecule has 0 saturated carbocycles. The van der Waals surface area contributed by atoms with Gasteiger partial charge in [0.2, 0.25) is 0 Å². The summed E-state index contributed by atoms with van der Waals surface area (Å²) in [6, 6.07) is 3.78. The highest BCUT2D eigenvalue weighted by atomic mass is 79.9. The summed E-state index contributed by atoms with van der Waals surface area (Å²) < 4.78 is 2.56. The molecular weight excluding hydrogens is 322 g/mol. The average molecular weight is 338 g/mol. The number of likely N-dealkylation sites (tertiary alicyclic amines) is 1. The maximum atomic E-state index is 12.7. The van der Waals surface area contributed by atoms with Crippen molar-refractivity contribution in [3.05, 3.63) is 34.6 Å². The maximum absolute atomic E-state index is 12.7. The van der Waals surface area contributed by atoms with Gasteiger partial charge in [-0.25, -0.2) is 4.52 Å². The summed E-state index contributed by atoms with van der Waals surface area (Å²) in [5, 5.41) is 13.9. The van der Waals surface area contributed by atoms with Crippen molar-refractivity contribution < 1.29 is 9.90 Å². The van der Waals surface area contributed by atoms with Crippen LogP contribution >= 0.6 is 15.9 Å². The normalized spacial score (nSPS) is 20.1. The Morgan fingerprint density at radius 2 is 2.25 bits per heavy atom. The highest BCUT2D eigenvalue weighted by Crippen LogP contribution is 2.23. The molecule has 0 aliphatic carbocycles. The summed E-state index contributed by atoms with van der Waals surface area (Å²) in [7, 11) is 0. The molecule has 5 nitrogen and oxygen atoms in total. The Balaban J connectivity index is 1.92. The molecule has 2 aromatic rings. The van der Waals surface area contributed by atoms with Gasteiger partial charge < -0.3 is 10.0 Å². The van der Waals surface area contributed by atoms with E-state index in [1.54, 1.807) is 10.7 Å². The molecule has 1 amide bonds. The first kappa shape index (κ1) is 13.6. The number of pyridine rings is 1. The minimum Gasteiger partial charge on any atom is -0.393 e. The van der Waals surface area contributed by atoms with E-state index in [0.29, 0.717) is 25.1 Å². The lowest BCUT2D eigenvalue weighted by molar-refractivity contribution is 0.0755. The number of aromatic nitrogens is 2. The molecule has 0 bridgehead atoms. The summed E-state index contributed by atoms with van der Waals surface area (Å²) in [6.45, 7) is 1.29. The second-order valence-corrected chi connectivity index (χ2v) is 5.94. The third-order valence-corrected chi connectivity index (χ3v) is 4.35. The fraction of sp³-hybridized carbons (Fsp3) is 0.429. The smallest absolute Gasteiger partial charge is 0.257 e. The number of aliphatic hydroxyl groups is 1. The molecule has 1 saturated heterocycles. The van der Waals surface area contributed by atoms with Crippen molar-refractivity contribution >= 4 is 27.4 Å². The summed E-state index contributed by atoms with van der Waals surface area (Å²) >= 11 is 3.47. The first-order chi connectivity index (χ1) is 9.66. The molecule has 1 aliphatic rings. The number of nitrogens with zero attached hydrogens (tertiary/aromatic N) is 3. The van der Waals surface area contributed by atoms with Crippen LogP contribution in [-0.4, -0.2) is 44.7 Å². The molecule has 1 fully saturated rings. The molecule has 3 heterocycles. The van der Waals surface area contributed by atoms with Gasteiger partial charge in [-0.05, 0) is 47.3 Å². The van der Waals surface area contributed by atoms with Crippen LogP contribution in [0.2, 0.25) is 0 Å². The van der Waals surface area contributed by atoms with Crippen molar-refractivity contribution in [1.82, 2.24) is 14.5 Å². The van der Waals surface area contributed by atoms with Crippen LogP contribution in [0, 0.1) is 0 Å². The molecule has 20 heavy (non-hydrogen) atoms. The molecule has 3 rings (SSSR count). The second-order valence-electron chi connectivity index (χ2n) is 5.08. The third kappa shape index (κ3) is 2.45. The first-order valence-electron chi connectivity index (χ1n) is 6.76. The first-order valence-corrected chi connectivity index (χ1v) is 7.55. The van der Waals surface area contributed by atoms with E-state index in [4.69, 9.17) is 0 Å². The molecule has 1 unspecified atom stereocenters. The summed E-state index contributed by atoms with van der Waals surface area (Å²) in [4.78, 5) is 14.5.